The molecule has 4 aromatic rings. The number of imide groups is 2. The van der Waals surface area contributed by atoms with Gasteiger partial charge in [0, 0.05) is 67.1 Å². The largest absolute Gasteiger partial charge is 0.411 e. The number of nitrogens with zero attached hydrogens (tertiary/aromatic N) is 5. The van der Waals surface area contributed by atoms with Crippen LogP contribution in [0.3, 0.4) is 0 Å². The van der Waals surface area contributed by atoms with Gasteiger partial charge in [0.15, 0.2) is 0 Å². The van der Waals surface area contributed by atoms with E-state index in [1.807, 2.05) is 22.9 Å². The predicted molar refractivity (Wildman–Crippen MR) is 207 cm³/mol. The van der Waals surface area contributed by atoms with Crippen molar-refractivity contribution in [3.05, 3.63) is 89.4 Å². The van der Waals surface area contributed by atoms with E-state index in [4.69, 9.17) is 24.0 Å². The Balaban J connectivity index is 0.739. The van der Waals surface area contributed by atoms with Crippen LogP contribution >= 0.6 is 0 Å². The number of fused-ring (bicyclic) bond motifs is 2. The Morgan fingerprint density at radius 2 is 1.53 bits per heavy atom. The van der Waals surface area contributed by atoms with Gasteiger partial charge in [0.25, 0.3) is 11.8 Å². The Hall–Kier alpha value is -5.81. The van der Waals surface area contributed by atoms with Gasteiger partial charge in [-0.05, 0) is 61.1 Å². The number of aryl methyl sites for hydroxylation is 2. The van der Waals surface area contributed by atoms with Gasteiger partial charge >= 0.3 is 0 Å². The zero-order valence-corrected chi connectivity index (χ0v) is 31.5. The Bertz CT molecular complexity index is 2120. The molecule has 0 unspecified atom stereocenters. The van der Waals surface area contributed by atoms with E-state index < -0.39 is 29.7 Å². The van der Waals surface area contributed by atoms with E-state index in [9.17, 15) is 24.4 Å². The van der Waals surface area contributed by atoms with Crippen molar-refractivity contribution < 1.29 is 43.3 Å². The van der Waals surface area contributed by atoms with Gasteiger partial charge < -0.3 is 29.5 Å². The fourth-order valence-corrected chi connectivity index (χ4v) is 7.22. The molecule has 2 aromatic carbocycles. The number of aromatic nitrogens is 3. The topological polar surface area (TPSA) is 196 Å². The van der Waals surface area contributed by atoms with E-state index in [0.717, 1.165) is 57.8 Å². The SMILES string of the molecule is O=C1CC[C@@H](N2C(=O)c3cccc(NCCOCCOCCOCCOCCCn4cc(-c5ccc6c(c5)CC/C6=N\O)c(-c5ccncc5)n4)c3C2=O)C(=O)N1. The van der Waals surface area contributed by atoms with Crippen LogP contribution in [0.2, 0.25) is 0 Å². The fourth-order valence-electron chi connectivity index (χ4n) is 7.22. The summed E-state index contributed by atoms with van der Waals surface area (Å²) in [7, 11) is 0. The lowest BCUT2D eigenvalue weighted by atomic mass is 9.98. The van der Waals surface area contributed by atoms with Crippen LogP contribution in [0.1, 0.15) is 57.5 Å². The molecule has 1 fully saturated rings. The second-order valence-electron chi connectivity index (χ2n) is 13.7. The van der Waals surface area contributed by atoms with E-state index in [1.54, 1.807) is 30.6 Å². The third-order valence-electron chi connectivity index (χ3n) is 10.0. The van der Waals surface area contributed by atoms with Crippen molar-refractivity contribution in [1.29, 1.82) is 0 Å². The molecule has 298 valence electrons. The van der Waals surface area contributed by atoms with Crippen molar-refractivity contribution in [2.24, 2.45) is 5.16 Å². The maximum absolute atomic E-state index is 13.2. The highest BCUT2D eigenvalue weighted by atomic mass is 16.6. The summed E-state index contributed by atoms with van der Waals surface area (Å²) >= 11 is 0. The van der Waals surface area contributed by atoms with Crippen molar-refractivity contribution >= 4 is 35.0 Å². The number of carbonyl (C=O) groups excluding carboxylic acids is 4. The lowest BCUT2D eigenvalue weighted by Crippen LogP contribution is -2.54. The third-order valence-corrected chi connectivity index (χ3v) is 10.0. The molecule has 1 atom stereocenters. The molecule has 0 radical (unpaired) electrons. The first kappa shape index (κ1) is 39.4. The second-order valence-corrected chi connectivity index (χ2v) is 13.7. The van der Waals surface area contributed by atoms with E-state index in [-0.39, 0.29) is 24.0 Å². The monoisotopic (exact) mass is 779 g/mol. The summed E-state index contributed by atoms with van der Waals surface area (Å²) in [5.74, 6) is -2.17. The van der Waals surface area contributed by atoms with E-state index in [1.165, 1.54) is 5.56 Å². The standard InChI is InChI=1S/C41H45N7O9/c49-36-10-9-35(39(50)44-36)48-40(51)31-3-1-4-34(37(31)41(48)52)43-15-18-55-20-22-57-24-23-56-21-19-54-17-2-16-47-26-32(38(45-47)27-11-13-42-14-12-27)29-5-7-30-28(25-29)6-8-33(30)46-53/h1,3-5,7,11-14,25-26,35,43,53H,2,6,8-10,15-24H2,(H,44,49,50)/b46-33+/t35-/m1/s1. The number of rotatable bonds is 20. The van der Waals surface area contributed by atoms with Gasteiger partial charge in [-0.25, -0.2) is 0 Å². The Morgan fingerprint density at radius 3 is 2.26 bits per heavy atom. The minimum Gasteiger partial charge on any atom is -0.411 e. The van der Waals surface area contributed by atoms with Gasteiger partial charge in [0.2, 0.25) is 11.8 Å². The van der Waals surface area contributed by atoms with Gasteiger partial charge in [-0.15, -0.1) is 0 Å². The third kappa shape index (κ3) is 9.26. The van der Waals surface area contributed by atoms with Crippen LogP contribution in [0.15, 0.2) is 72.3 Å². The lowest BCUT2D eigenvalue weighted by molar-refractivity contribution is -0.136. The summed E-state index contributed by atoms with van der Waals surface area (Å²) in [5.41, 5.74) is 7.78. The van der Waals surface area contributed by atoms with Gasteiger partial charge in [0.1, 0.15) is 11.7 Å². The van der Waals surface area contributed by atoms with E-state index in [2.05, 4.69) is 39.1 Å². The van der Waals surface area contributed by atoms with Crippen molar-refractivity contribution in [2.75, 3.05) is 64.7 Å². The number of ether oxygens (including phenoxy) is 4. The average molecular weight is 780 g/mol. The predicted octanol–water partition coefficient (Wildman–Crippen LogP) is 3.71. The van der Waals surface area contributed by atoms with Gasteiger partial charge in [-0.3, -0.25) is 39.1 Å². The highest BCUT2D eigenvalue weighted by Gasteiger charge is 2.45. The van der Waals surface area contributed by atoms with Crippen molar-refractivity contribution in [2.45, 2.75) is 44.7 Å². The van der Waals surface area contributed by atoms with E-state index >= 15 is 0 Å². The summed E-state index contributed by atoms with van der Waals surface area (Å²) in [4.78, 5) is 55.2. The van der Waals surface area contributed by atoms with E-state index in [0.29, 0.717) is 71.6 Å². The van der Waals surface area contributed by atoms with Crippen LogP contribution < -0.4 is 10.6 Å². The number of nitrogens with one attached hydrogen (secondary N) is 2. The number of oxime groups is 1. The average Bonchev–Trinajstić information content (AvgIpc) is 3.92. The number of piperidine rings is 1. The van der Waals surface area contributed by atoms with Crippen molar-refractivity contribution in [3.63, 3.8) is 0 Å². The molecule has 3 N–H and O–H groups in total. The number of hydrogen-bond donors (Lipinski definition) is 3. The second kappa shape index (κ2) is 18.9. The van der Waals surface area contributed by atoms with Gasteiger partial charge in [-0.1, -0.05) is 29.4 Å². The highest BCUT2D eigenvalue weighted by Crippen LogP contribution is 2.35. The molecule has 2 aromatic heterocycles. The Morgan fingerprint density at radius 1 is 0.789 bits per heavy atom. The summed E-state index contributed by atoms with van der Waals surface area (Å²) in [5, 5.41) is 23.0. The maximum atomic E-state index is 13.2. The number of pyridine rings is 1. The number of carbonyl (C=O) groups is 4. The smallest absolute Gasteiger partial charge is 0.264 e. The first-order valence-electron chi connectivity index (χ1n) is 19.1. The Kier molecular flexibility index (Phi) is 13.1. The molecule has 16 heteroatoms. The zero-order valence-electron chi connectivity index (χ0n) is 31.5. The molecule has 3 aliphatic rings. The van der Waals surface area contributed by atoms with Crippen LogP contribution in [-0.4, -0.2) is 120 Å². The summed E-state index contributed by atoms with van der Waals surface area (Å²) in [6.45, 7) is 4.50. The van der Waals surface area contributed by atoms with Crippen LogP contribution in [0, 0.1) is 0 Å². The normalized spacial score (nSPS) is 17.0. The molecule has 57 heavy (non-hydrogen) atoms. The summed E-state index contributed by atoms with van der Waals surface area (Å²) < 4.78 is 24.6. The van der Waals surface area contributed by atoms with Crippen molar-refractivity contribution in [3.8, 4) is 22.4 Å². The summed E-state index contributed by atoms with van der Waals surface area (Å²) in [6.07, 6.45) is 8.13. The molecular formula is C41H45N7O9. The lowest BCUT2D eigenvalue weighted by Gasteiger charge is -2.27. The highest BCUT2D eigenvalue weighted by molar-refractivity contribution is 6.25. The molecule has 4 heterocycles. The van der Waals surface area contributed by atoms with Crippen LogP contribution in [0.25, 0.3) is 22.4 Å². The molecule has 1 aliphatic carbocycles. The number of amides is 4. The first-order valence-corrected chi connectivity index (χ1v) is 19.1. The first-order chi connectivity index (χ1) is 27.9. The maximum Gasteiger partial charge on any atom is 0.264 e. The molecule has 16 nitrogen and oxygen atoms in total. The number of anilines is 1. The molecule has 1 saturated heterocycles. The summed E-state index contributed by atoms with van der Waals surface area (Å²) in [6, 6.07) is 14.1. The van der Waals surface area contributed by atoms with Crippen LogP contribution in [-0.2, 0) is 41.5 Å². The van der Waals surface area contributed by atoms with Crippen LogP contribution in [0.4, 0.5) is 5.69 Å². The quantitative estimate of drug-likeness (QED) is 0.0510. The molecule has 4 amide bonds. The minimum atomic E-state index is -1.01. The molecule has 2 aliphatic heterocycles. The van der Waals surface area contributed by atoms with Gasteiger partial charge in [0.05, 0.1) is 63.1 Å². The van der Waals surface area contributed by atoms with Crippen LogP contribution in [0.5, 0.6) is 0 Å². The van der Waals surface area contributed by atoms with Gasteiger partial charge in [-0.2, -0.15) is 5.10 Å². The fraction of sp³-hybridized carbons (Fsp3) is 0.390. The molecular weight excluding hydrogens is 734 g/mol. The molecule has 0 bridgehead atoms. The zero-order chi connectivity index (χ0) is 39.6. The van der Waals surface area contributed by atoms with Crippen molar-refractivity contribution in [1.82, 2.24) is 25.0 Å². The molecule has 7 rings (SSSR count). The Labute approximate surface area is 329 Å². The molecule has 0 saturated carbocycles. The number of hydrogen-bond acceptors (Lipinski definition) is 13. The minimum absolute atomic E-state index is 0.0641. The number of benzene rings is 2. The molecule has 0 spiro atoms.